The van der Waals surface area contributed by atoms with Crippen molar-refractivity contribution in [1.29, 1.82) is 0 Å². The first kappa shape index (κ1) is 12.0. The minimum atomic E-state index is 0.344. The fourth-order valence-corrected chi connectivity index (χ4v) is 1.68. The molecule has 4 N–H and O–H groups in total. The van der Waals surface area contributed by atoms with Gasteiger partial charge in [0.05, 0.1) is 22.8 Å². The van der Waals surface area contributed by atoms with Crippen LogP contribution in [-0.2, 0) is 6.54 Å². The first-order valence-electron chi connectivity index (χ1n) is 4.67. The minimum absolute atomic E-state index is 0.344. The Morgan fingerprint density at radius 3 is 2.71 bits per heavy atom. The van der Waals surface area contributed by atoms with E-state index in [-0.39, 0.29) is 0 Å². The number of hydrogen-bond donors (Lipinski definition) is 3. The highest BCUT2D eigenvalue weighted by atomic mass is 35.5. The lowest BCUT2D eigenvalue weighted by Gasteiger charge is -2.09. The summed E-state index contributed by atoms with van der Waals surface area (Å²) in [5.41, 5.74) is 2.38. The predicted octanol–water partition coefficient (Wildman–Crippen LogP) is 2.27. The number of pyridine rings is 1. The van der Waals surface area contributed by atoms with Crippen LogP contribution in [0.15, 0.2) is 22.9 Å². The smallest absolute Gasteiger partial charge is 0.161 e. The van der Waals surface area contributed by atoms with E-state index < -0.39 is 0 Å². The van der Waals surface area contributed by atoms with E-state index in [1.165, 1.54) is 0 Å². The van der Waals surface area contributed by atoms with Crippen LogP contribution >= 0.6 is 23.2 Å². The van der Waals surface area contributed by atoms with Crippen LogP contribution in [0.4, 0.5) is 11.6 Å². The molecular weight excluding hydrogens is 265 g/mol. The van der Waals surface area contributed by atoms with Crippen LogP contribution in [0.1, 0.15) is 5.76 Å². The lowest BCUT2D eigenvalue weighted by atomic mass is 10.4. The number of nitrogens with one attached hydrogen (secondary N) is 2. The highest BCUT2D eigenvalue weighted by Gasteiger charge is 2.08. The van der Waals surface area contributed by atoms with Crippen molar-refractivity contribution in [3.05, 3.63) is 34.1 Å². The van der Waals surface area contributed by atoms with Crippen molar-refractivity contribution in [3.8, 4) is 0 Å². The van der Waals surface area contributed by atoms with E-state index in [0.717, 1.165) is 0 Å². The van der Waals surface area contributed by atoms with Gasteiger partial charge >= 0.3 is 0 Å². The van der Waals surface area contributed by atoms with Gasteiger partial charge in [0.25, 0.3) is 0 Å². The van der Waals surface area contributed by atoms with E-state index in [4.69, 9.17) is 33.6 Å². The maximum absolute atomic E-state index is 5.97. The van der Waals surface area contributed by atoms with Crippen LogP contribution in [0.25, 0.3) is 0 Å². The fourth-order valence-electron chi connectivity index (χ4n) is 1.20. The van der Waals surface area contributed by atoms with Crippen molar-refractivity contribution in [2.24, 2.45) is 5.84 Å². The van der Waals surface area contributed by atoms with E-state index in [2.05, 4.69) is 20.9 Å². The number of anilines is 2. The van der Waals surface area contributed by atoms with E-state index >= 15 is 0 Å². The standard InChI is InChI=1S/C9H9Cl2N5O/c10-6-3-7(11)9(16-12)15-8(6)13-4-5-1-2-14-17-5/h1-3H,4,12H2,(H2,13,15,16). The predicted molar refractivity (Wildman–Crippen MR) is 65.9 cm³/mol. The Hall–Kier alpha value is -1.50. The molecule has 90 valence electrons. The van der Waals surface area contributed by atoms with Crippen molar-refractivity contribution < 1.29 is 4.52 Å². The summed E-state index contributed by atoms with van der Waals surface area (Å²) in [7, 11) is 0. The molecule has 0 aromatic carbocycles. The van der Waals surface area contributed by atoms with E-state index in [1.807, 2.05) is 0 Å². The van der Waals surface area contributed by atoms with E-state index in [1.54, 1.807) is 18.3 Å². The number of nitrogen functional groups attached to an aromatic ring is 1. The Balaban J connectivity index is 2.15. The van der Waals surface area contributed by atoms with Crippen LogP contribution in [-0.4, -0.2) is 10.1 Å². The molecule has 0 aliphatic carbocycles. The third kappa shape index (κ3) is 2.79. The van der Waals surface area contributed by atoms with Crippen LogP contribution in [0.3, 0.4) is 0 Å². The molecule has 0 aliphatic rings. The minimum Gasteiger partial charge on any atom is -0.361 e. The normalized spacial score (nSPS) is 10.3. The Labute approximate surface area is 107 Å². The number of hydrazine groups is 1. The highest BCUT2D eigenvalue weighted by Crippen LogP contribution is 2.28. The van der Waals surface area contributed by atoms with Crippen molar-refractivity contribution >= 4 is 34.8 Å². The van der Waals surface area contributed by atoms with Gasteiger partial charge in [-0.3, -0.25) is 0 Å². The molecule has 2 rings (SSSR count). The van der Waals surface area contributed by atoms with Gasteiger partial charge in [-0.15, -0.1) is 0 Å². The summed E-state index contributed by atoms with van der Waals surface area (Å²) in [5, 5.41) is 7.32. The first-order valence-corrected chi connectivity index (χ1v) is 5.42. The Bertz CT molecular complexity index is 502. The summed E-state index contributed by atoms with van der Waals surface area (Å²) in [6, 6.07) is 3.28. The summed E-state index contributed by atoms with van der Waals surface area (Å²) < 4.78 is 4.93. The molecule has 0 saturated heterocycles. The molecule has 0 fully saturated rings. The van der Waals surface area contributed by atoms with Gasteiger partial charge in [0.1, 0.15) is 5.82 Å². The molecule has 2 heterocycles. The Morgan fingerprint density at radius 2 is 2.06 bits per heavy atom. The molecule has 0 radical (unpaired) electrons. The topological polar surface area (TPSA) is 89.0 Å². The maximum atomic E-state index is 5.97. The molecule has 2 aromatic heterocycles. The van der Waals surface area contributed by atoms with Gasteiger partial charge in [-0.2, -0.15) is 0 Å². The summed E-state index contributed by atoms with van der Waals surface area (Å²) in [4.78, 5) is 4.12. The van der Waals surface area contributed by atoms with Gasteiger partial charge in [-0.05, 0) is 6.07 Å². The molecule has 0 saturated carbocycles. The molecule has 6 nitrogen and oxygen atoms in total. The van der Waals surface area contributed by atoms with Crippen molar-refractivity contribution in [2.45, 2.75) is 6.54 Å². The molecule has 0 spiro atoms. The molecule has 17 heavy (non-hydrogen) atoms. The average molecular weight is 274 g/mol. The van der Waals surface area contributed by atoms with Gasteiger partial charge in [0.15, 0.2) is 11.6 Å². The van der Waals surface area contributed by atoms with Gasteiger partial charge in [0.2, 0.25) is 0 Å². The second-order valence-corrected chi connectivity index (χ2v) is 3.94. The zero-order chi connectivity index (χ0) is 12.3. The van der Waals surface area contributed by atoms with Crippen molar-refractivity contribution in [1.82, 2.24) is 10.1 Å². The molecule has 0 unspecified atom stereocenters. The number of hydrogen-bond acceptors (Lipinski definition) is 6. The molecule has 2 aromatic rings. The lowest BCUT2D eigenvalue weighted by Crippen LogP contribution is -2.11. The van der Waals surface area contributed by atoms with Crippen LogP contribution in [0.2, 0.25) is 10.0 Å². The number of halogens is 2. The summed E-state index contributed by atoms with van der Waals surface area (Å²) >= 11 is 11.8. The fraction of sp³-hybridized carbons (Fsp3) is 0.111. The van der Waals surface area contributed by atoms with Gasteiger partial charge in [-0.25, -0.2) is 10.8 Å². The number of nitrogens with zero attached hydrogens (tertiary/aromatic N) is 2. The summed E-state index contributed by atoms with van der Waals surface area (Å²) in [6.45, 7) is 0.415. The van der Waals surface area contributed by atoms with Crippen LogP contribution in [0.5, 0.6) is 0 Å². The summed E-state index contributed by atoms with van der Waals surface area (Å²) in [6.07, 6.45) is 1.56. The number of rotatable bonds is 4. The Kier molecular flexibility index (Phi) is 3.68. The zero-order valence-corrected chi connectivity index (χ0v) is 10.1. The molecule has 0 amide bonds. The molecule has 8 heteroatoms. The van der Waals surface area contributed by atoms with E-state index in [0.29, 0.717) is 34.0 Å². The van der Waals surface area contributed by atoms with Gasteiger partial charge < -0.3 is 15.3 Å². The van der Waals surface area contributed by atoms with Crippen molar-refractivity contribution in [3.63, 3.8) is 0 Å². The SMILES string of the molecule is NNc1nc(NCc2ccno2)c(Cl)cc1Cl. The van der Waals surface area contributed by atoms with Crippen molar-refractivity contribution in [2.75, 3.05) is 10.7 Å². The highest BCUT2D eigenvalue weighted by molar-refractivity contribution is 6.37. The maximum Gasteiger partial charge on any atom is 0.161 e. The van der Waals surface area contributed by atoms with Gasteiger partial charge in [-0.1, -0.05) is 28.4 Å². The monoisotopic (exact) mass is 273 g/mol. The first-order chi connectivity index (χ1) is 8.20. The zero-order valence-electron chi connectivity index (χ0n) is 8.58. The number of nitrogens with two attached hydrogens (primary N) is 1. The Morgan fingerprint density at radius 1 is 1.29 bits per heavy atom. The lowest BCUT2D eigenvalue weighted by molar-refractivity contribution is 0.388. The number of aromatic nitrogens is 2. The van der Waals surface area contributed by atoms with Crippen LogP contribution in [0, 0.1) is 0 Å². The average Bonchev–Trinajstić information content (AvgIpc) is 2.81. The summed E-state index contributed by atoms with van der Waals surface area (Å²) in [5.74, 6) is 6.73. The molecule has 0 bridgehead atoms. The quantitative estimate of drug-likeness (QED) is 0.585. The van der Waals surface area contributed by atoms with Gasteiger partial charge in [0, 0.05) is 6.07 Å². The van der Waals surface area contributed by atoms with Crippen LogP contribution < -0.4 is 16.6 Å². The molecule has 0 atom stereocenters. The largest absolute Gasteiger partial charge is 0.361 e. The van der Waals surface area contributed by atoms with E-state index in [9.17, 15) is 0 Å². The molecule has 0 aliphatic heterocycles. The second-order valence-electron chi connectivity index (χ2n) is 3.13. The second kappa shape index (κ2) is 5.22. The third-order valence-corrected chi connectivity index (χ3v) is 2.56. The third-order valence-electron chi connectivity index (χ3n) is 1.99. The molecular formula is C9H9Cl2N5O.